The molecule has 1 aliphatic rings. The summed E-state index contributed by atoms with van der Waals surface area (Å²) in [5.74, 6) is 0. The van der Waals surface area contributed by atoms with Crippen LogP contribution in [0.3, 0.4) is 0 Å². The van der Waals surface area contributed by atoms with Gasteiger partial charge in [0.05, 0.1) is 0 Å². The second-order valence-electron chi connectivity index (χ2n) is 5.89. The van der Waals surface area contributed by atoms with Gasteiger partial charge in [0.2, 0.25) is 0 Å². The molecule has 2 nitrogen and oxygen atoms in total. The van der Waals surface area contributed by atoms with Gasteiger partial charge in [-0.1, -0.05) is 32.0 Å². The molecule has 0 radical (unpaired) electrons. The fraction of sp³-hybridized carbons (Fsp3) is 0.647. The van der Waals surface area contributed by atoms with Crippen molar-refractivity contribution in [3.05, 3.63) is 29.8 Å². The van der Waals surface area contributed by atoms with Crippen molar-refractivity contribution in [3.63, 3.8) is 0 Å². The summed E-state index contributed by atoms with van der Waals surface area (Å²) >= 11 is 0. The van der Waals surface area contributed by atoms with E-state index in [1.54, 1.807) is 5.56 Å². The summed E-state index contributed by atoms with van der Waals surface area (Å²) in [5.41, 5.74) is 3.03. The minimum Gasteiger partial charge on any atom is -0.371 e. The van der Waals surface area contributed by atoms with Crippen LogP contribution in [0, 0.1) is 0 Å². The Morgan fingerprint density at radius 3 is 2.84 bits per heavy atom. The van der Waals surface area contributed by atoms with E-state index in [1.807, 2.05) is 0 Å². The molecule has 1 aromatic carbocycles. The van der Waals surface area contributed by atoms with E-state index in [1.165, 1.54) is 50.9 Å². The SMILES string of the molecule is CC(C)NCCCCN1CCCCc2ccccc21. The standard InChI is InChI=1S/C17H28N2/c1-15(2)18-12-6-8-14-19-13-7-5-10-16-9-3-4-11-17(16)19/h3-4,9,11,15,18H,5-8,10,12-14H2,1-2H3. The molecule has 0 saturated heterocycles. The number of unbranched alkanes of at least 4 members (excludes halogenated alkanes) is 1. The maximum atomic E-state index is 3.50. The quantitative estimate of drug-likeness (QED) is 0.786. The summed E-state index contributed by atoms with van der Waals surface area (Å²) in [5, 5.41) is 3.50. The summed E-state index contributed by atoms with van der Waals surface area (Å²) in [6.45, 7) is 8.01. The molecular formula is C17H28N2. The normalized spacial score (nSPS) is 15.4. The van der Waals surface area contributed by atoms with Crippen LogP contribution in [-0.4, -0.2) is 25.7 Å². The van der Waals surface area contributed by atoms with E-state index in [-0.39, 0.29) is 0 Å². The highest BCUT2D eigenvalue weighted by molar-refractivity contribution is 5.54. The Morgan fingerprint density at radius 2 is 2.00 bits per heavy atom. The zero-order chi connectivity index (χ0) is 13.5. The highest BCUT2D eigenvalue weighted by Gasteiger charge is 2.13. The summed E-state index contributed by atoms with van der Waals surface area (Å²) in [6, 6.07) is 9.56. The van der Waals surface area contributed by atoms with E-state index in [4.69, 9.17) is 0 Å². The van der Waals surface area contributed by atoms with Gasteiger partial charge in [-0.3, -0.25) is 0 Å². The molecule has 19 heavy (non-hydrogen) atoms. The van der Waals surface area contributed by atoms with E-state index in [0.29, 0.717) is 6.04 Å². The fourth-order valence-electron chi connectivity index (χ4n) is 2.82. The van der Waals surface area contributed by atoms with Crippen LogP contribution in [0.25, 0.3) is 0 Å². The minimum atomic E-state index is 0.610. The van der Waals surface area contributed by atoms with E-state index in [9.17, 15) is 0 Å². The molecule has 0 aromatic heterocycles. The smallest absolute Gasteiger partial charge is 0.0398 e. The lowest BCUT2D eigenvalue weighted by Crippen LogP contribution is -2.27. The topological polar surface area (TPSA) is 15.3 Å². The van der Waals surface area contributed by atoms with Crippen LogP contribution >= 0.6 is 0 Å². The summed E-state index contributed by atoms with van der Waals surface area (Å²) in [7, 11) is 0. The molecule has 0 unspecified atom stereocenters. The van der Waals surface area contributed by atoms with Crippen molar-refractivity contribution < 1.29 is 0 Å². The van der Waals surface area contributed by atoms with Gasteiger partial charge in [-0.05, 0) is 50.3 Å². The summed E-state index contributed by atoms with van der Waals surface area (Å²) in [6.07, 6.45) is 6.48. The molecule has 106 valence electrons. The maximum absolute atomic E-state index is 3.50. The van der Waals surface area contributed by atoms with Crippen molar-refractivity contribution in [3.8, 4) is 0 Å². The highest BCUT2D eigenvalue weighted by Crippen LogP contribution is 2.26. The number of benzene rings is 1. The van der Waals surface area contributed by atoms with Gasteiger partial charge in [0.25, 0.3) is 0 Å². The van der Waals surface area contributed by atoms with Crippen LogP contribution in [0.2, 0.25) is 0 Å². The average molecular weight is 260 g/mol. The first-order chi connectivity index (χ1) is 9.27. The number of hydrogen-bond acceptors (Lipinski definition) is 2. The van der Waals surface area contributed by atoms with Crippen LogP contribution in [0.1, 0.15) is 45.1 Å². The Balaban J connectivity index is 1.83. The van der Waals surface area contributed by atoms with Crippen LogP contribution < -0.4 is 10.2 Å². The molecule has 0 aliphatic carbocycles. The third-order valence-corrected chi connectivity index (χ3v) is 3.86. The number of para-hydroxylation sites is 1. The van der Waals surface area contributed by atoms with Gasteiger partial charge in [0, 0.05) is 24.8 Å². The predicted octanol–water partition coefficient (Wildman–Crippen LogP) is 3.61. The molecule has 1 heterocycles. The number of anilines is 1. The first kappa shape index (κ1) is 14.4. The number of rotatable bonds is 6. The number of aryl methyl sites for hydroxylation is 1. The van der Waals surface area contributed by atoms with Gasteiger partial charge < -0.3 is 10.2 Å². The van der Waals surface area contributed by atoms with Crippen molar-refractivity contribution in [2.24, 2.45) is 0 Å². The Bertz CT molecular complexity index is 373. The number of nitrogens with one attached hydrogen (secondary N) is 1. The second-order valence-corrected chi connectivity index (χ2v) is 5.89. The van der Waals surface area contributed by atoms with Crippen molar-refractivity contribution in [2.75, 3.05) is 24.5 Å². The van der Waals surface area contributed by atoms with Gasteiger partial charge in [0.1, 0.15) is 0 Å². The third-order valence-electron chi connectivity index (χ3n) is 3.86. The lowest BCUT2D eigenvalue weighted by atomic mass is 10.1. The molecule has 2 rings (SSSR count). The van der Waals surface area contributed by atoms with E-state index >= 15 is 0 Å². The van der Waals surface area contributed by atoms with E-state index < -0.39 is 0 Å². The van der Waals surface area contributed by atoms with Crippen molar-refractivity contribution in [1.82, 2.24) is 5.32 Å². The fourth-order valence-corrected chi connectivity index (χ4v) is 2.82. The molecule has 0 bridgehead atoms. The molecule has 1 aromatic rings. The number of fused-ring (bicyclic) bond motifs is 1. The molecule has 1 N–H and O–H groups in total. The Morgan fingerprint density at radius 1 is 1.16 bits per heavy atom. The first-order valence-electron chi connectivity index (χ1n) is 7.83. The highest BCUT2D eigenvalue weighted by atomic mass is 15.1. The van der Waals surface area contributed by atoms with Crippen molar-refractivity contribution in [1.29, 1.82) is 0 Å². The molecule has 0 atom stereocenters. The molecule has 0 fully saturated rings. The third kappa shape index (κ3) is 4.54. The average Bonchev–Trinajstić information content (AvgIpc) is 2.61. The zero-order valence-corrected chi connectivity index (χ0v) is 12.5. The van der Waals surface area contributed by atoms with Gasteiger partial charge in [0.15, 0.2) is 0 Å². The summed E-state index contributed by atoms with van der Waals surface area (Å²) < 4.78 is 0. The molecule has 1 aliphatic heterocycles. The van der Waals surface area contributed by atoms with Crippen LogP contribution in [-0.2, 0) is 6.42 Å². The Hall–Kier alpha value is -1.02. The maximum Gasteiger partial charge on any atom is 0.0398 e. The molecule has 0 amide bonds. The molecule has 0 saturated carbocycles. The zero-order valence-electron chi connectivity index (χ0n) is 12.5. The van der Waals surface area contributed by atoms with Gasteiger partial charge in [-0.2, -0.15) is 0 Å². The molecule has 2 heteroatoms. The monoisotopic (exact) mass is 260 g/mol. The lowest BCUT2D eigenvalue weighted by molar-refractivity contribution is 0.553. The van der Waals surface area contributed by atoms with Gasteiger partial charge in [-0.25, -0.2) is 0 Å². The lowest BCUT2D eigenvalue weighted by Gasteiger charge is -2.25. The number of nitrogens with zero attached hydrogens (tertiary/aromatic N) is 1. The number of hydrogen-bond donors (Lipinski definition) is 1. The van der Waals surface area contributed by atoms with Crippen molar-refractivity contribution >= 4 is 5.69 Å². The minimum absolute atomic E-state index is 0.610. The van der Waals surface area contributed by atoms with Crippen LogP contribution in [0.4, 0.5) is 5.69 Å². The second kappa shape index (κ2) is 7.54. The Kier molecular flexibility index (Phi) is 5.71. The van der Waals surface area contributed by atoms with Crippen molar-refractivity contribution in [2.45, 2.75) is 52.0 Å². The first-order valence-corrected chi connectivity index (χ1v) is 7.83. The molecule has 0 spiro atoms. The predicted molar refractivity (Wildman–Crippen MR) is 84.0 cm³/mol. The van der Waals surface area contributed by atoms with Crippen LogP contribution in [0.5, 0.6) is 0 Å². The molecular weight excluding hydrogens is 232 g/mol. The van der Waals surface area contributed by atoms with Gasteiger partial charge in [-0.15, -0.1) is 0 Å². The van der Waals surface area contributed by atoms with Gasteiger partial charge >= 0.3 is 0 Å². The van der Waals surface area contributed by atoms with E-state index in [0.717, 1.165) is 6.54 Å². The largest absolute Gasteiger partial charge is 0.371 e. The Labute approximate surface area is 118 Å². The van der Waals surface area contributed by atoms with E-state index in [2.05, 4.69) is 48.3 Å². The summed E-state index contributed by atoms with van der Waals surface area (Å²) in [4.78, 5) is 2.59. The van der Waals surface area contributed by atoms with Crippen LogP contribution in [0.15, 0.2) is 24.3 Å².